The zero-order valence-electron chi connectivity index (χ0n) is 12.3. The lowest BCUT2D eigenvalue weighted by Gasteiger charge is -2.14. The first-order chi connectivity index (χ1) is 9.93. The lowest BCUT2D eigenvalue weighted by molar-refractivity contribution is 0.415. The van der Waals surface area contributed by atoms with Crippen LogP contribution in [0.1, 0.15) is 33.1 Å². The van der Waals surface area contributed by atoms with Crippen molar-refractivity contribution in [1.29, 1.82) is 5.26 Å². The molecular weight excluding hydrogens is 330 g/mol. The minimum atomic E-state index is -0.293. The Morgan fingerprint density at radius 1 is 1.38 bits per heavy atom. The van der Waals surface area contributed by atoms with Crippen LogP contribution >= 0.6 is 15.9 Å². The molecule has 0 aliphatic heterocycles. The number of benzene rings is 1. The minimum Gasteiger partial charge on any atom is -0.299 e. The van der Waals surface area contributed by atoms with Crippen LogP contribution in [-0.2, 0) is 6.54 Å². The first kappa shape index (κ1) is 15.7. The van der Waals surface area contributed by atoms with Crippen molar-refractivity contribution in [2.45, 2.75) is 39.7 Å². The van der Waals surface area contributed by atoms with Gasteiger partial charge in [-0.3, -0.25) is 9.36 Å². The molecule has 1 heterocycles. The van der Waals surface area contributed by atoms with Gasteiger partial charge in [0.1, 0.15) is 0 Å². The van der Waals surface area contributed by atoms with Crippen molar-refractivity contribution in [3.8, 4) is 6.07 Å². The maximum atomic E-state index is 12.3. The molecule has 0 aliphatic rings. The van der Waals surface area contributed by atoms with E-state index in [0.717, 1.165) is 23.7 Å². The number of hydrogen-bond acceptors (Lipinski definition) is 3. The Hall–Kier alpha value is -1.67. The van der Waals surface area contributed by atoms with Crippen molar-refractivity contribution in [2.24, 2.45) is 5.41 Å². The monoisotopic (exact) mass is 347 g/mol. The summed E-state index contributed by atoms with van der Waals surface area (Å²) in [5, 5.41) is 9.61. The second kappa shape index (κ2) is 6.40. The summed E-state index contributed by atoms with van der Waals surface area (Å²) in [6.45, 7) is 4.52. The van der Waals surface area contributed by atoms with Crippen molar-refractivity contribution in [3.63, 3.8) is 0 Å². The molecular formula is C16H18BrN3O. The van der Waals surface area contributed by atoms with E-state index >= 15 is 0 Å². The summed E-state index contributed by atoms with van der Waals surface area (Å²) >= 11 is 3.38. The number of unbranched alkanes of at least 4 members (excludes halogenated alkanes) is 1. The topological polar surface area (TPSA) is 58.7 Å². The fourth-order valence-corrected chi connectivity index (χ4v) is 2.54. The third-order valence-corrected chi connectivity index (χ3v) is 4.03. The van der Waals surface area contributed by atoms with Gasteiger partial charge in [0.15, 0.2) is 0 Å². The van der Waals surface area contributed by atoms with E-state index in [9.17, 15) is 4.79 Å². The highest BCUT2D eigenvalue weighted by molar-refractivity contribution is 9.10. The molecule has 0 saturated carbocycles. The fraction of sp³-hybridized carbons (Fsp3) is 0.438. The van der Waals surface area contributed by atoms with Crippen molar-refractivity contribution >= 4 is 26.8 Å². The molecule has 110 valence electrons. The number of fused-ring (bicyclic) bond motifs is 1. The van der Waals surface area contributed by atoms with Gasteiger partial charge in [-0.1, -0.05) is 22.4 Å². The van der Waals surface area contributed by atoms with E-state index in [4.69, 9.17) is 5.26 Å². The van der Waals surface area contributed by atoms with Crippen LogP contribution in [0.4, 0.5) is 0 Å². The van der Waals surface area contributed by atoms with Crippen molar-refractivity contribution in [3.05, 3.63) is 39.4 Å². The van der Waals surface area contributed by atoms with Crippen molar-refractivity contribution in [1.82, 2.24) is 9.55 Å². The first-order valence-corrected chi connectivity index (χ1v) is 7.78. The van der Waals surface area contributed by atoms with Gasteiger partial charge in [-0.05, 0) is 44.9 Å². The Balaban J connectivity index is 2.07. The molecule has 0 saturated heterocycles. The maximum absolute atomic E-state index is 12.3. The lowest BCUT2D eigenvalue weighted by atomic mass is 9.89. The molecule has 0 radical (unpaired) electrons. The fourth-order valence-electron chi connectivity index (χ4n) is 2.20. The molecule has 0 spiro atoms. The molecule has 0 atom stereocenters. The molecule has 0 amide bonds. The van der Waals surface area contributed by atoms with Crippen LogP contribution in [-0.4, -0.2) is 9.55 Å². The molecule has 1 aromatic heterocycles. The van der Waals surface area contributed by atoms with Crippen LogP contribution < -0.4 is 5.56 Å². The Labute approximate surface area is 132 Å². The third-order valence-electron chi connectivity index (χ3n) is 3.54. The molecule has 0 unspecified atom stereocenters. The number of hydrogen-bond donors (Lipinski definition) is 0. The van der Waals surface area contributed by atoms with Crippen molar-refractivity contribution < 1.29 is 0 Å². The Morgan fingerprint density at radius 3 is 2.86 bits per heavy atom. The quantitative estimate of drug-likeness (QED) is 0.771. The van der Waals surface area contributed by atoms with Crippen LogP contribution in [0.25, 0.3) is 10.9 Å². The smallest absolute Gasteiger partial charge is 0.261 e. The summed E-state index contributed by atoms with van der Waals surface area (Å²) in [6.07, 6.45) is 4.23. The number of aromatic nitrogens is 2. The van der Waals surface area contributed by atoms with Gasteiger partial charge in [0, 0.05) is 11.0 Å². The van der Waals surface area contributed by atoms with E-state index in [1.807, 2.05) is 26.0 Å². The van der Waals surface area contributed by atoms with Gasteiger partial charge in [0.25, 0.3) is 5.56 Å². The standard InChI is InChI=1S/C16H18BrN3O/c1-16(2,10-18)7-3-4-8-20-11-19-14-9-12(17)5-6-13(14)15(20)21/h5-6,9,11H,3-4,7-8H2,1-2H3. The largest absolute Gasteiger partial charge is 0.299 e. The van der Waals surface area contributed by atoms with Gasteiger partial charge in [0.2, 0.25) is 0 Å². The summed E-state index contributed by atoms with van der Waals surface area (Å²) in [5.41, 5.74) is 0.405. The molecule has 0 fully saturated rings. The lowest BCUT2D eigenvalue weighted by Crippen LogP contribution is -2.21. The van der Waals surface area contributed by atoms with Gasteiger partial charge < -0.3 is 0 Å². The van der Waals surface area contributed by atoms with E-state index in [1.165, 1.54) is 0 Å². The maximum Gasteiger partial charge on any atom is 0.261 e. The summed E-state index contributed by atoms with van der Waals surface area (Å²) < 4.78 is 2.56. The van der Waals surface area contributed by atoms with Crippen LogP contribution in [0, 0.1) is 16.7 Å². The second-order valence-electron chi connectivity index (χ2n) is 5.86. The number of rotatable bonds is 5. The van der Waals surface area contributed by atoms with Crippen molar-refractivity contribution in [2.75, 3.05) is 0 Å². The van der Waals surface area contributed by atoms with Gasteiger partial charge in [-0.2, -0.15) is 5.26 Å². The second-order valence-corrected chi connectivity index (χ2v) is 6.77. The van der Waals surface area contributed by atoms with E-state index < -0.39 is 0 Å². The number of aryl methyl sites for hydroxylation is 1. The van der Waals surface area contributed by atoms with Crippen LogP contribution in [0.3, 0.4) is 0 Å². The highest BCUT2D eigenvalue weighted by atomic mass is 79.9. The Bertz CT molecular complexity index is 743. The molecule has 4 nitrogen and oxygen atoms in total. The van der Waals surface area contributed by atoms with E-state index in [2.05, 4.69) is 27.0 Å². The number of halogens is 1. The predicted molar refractivity (Wildman–Crippen MR) is 86.9 cm³/mol. The average Bonchev–Trinajstić information content (AvgIpc) is 2.45. The molecule has 2 rings (SSSR count). The minimum absolute atomic E-state index is 0.00737. The summed E-state index contributed by atoms with van der Waals surface area (Å²) in [7, 11) is 0. The van der Waals surface area contributed by atoms with Crippen LogP contribution in [0.15, 0.2) is 33.8 Å². The van der Waals surface area contributed by atoms with Gasteiger partial charge in [-0.15, -0.1) is 0 Å². The Kier molecular flexibility index (Phi) is 4.79. The molecule has 0 aliphatic carbocycles. The van der Waals surface area contributed by atoms with Crippen LogP contribution in [0.2, 0.25) is 0 Å². The Morgan fingerprint density at radius 2 is 2.14 bits per heavy atom. The van der Waals surface area contributed by atoms with E-state index in [0.29, 0.717) is 17.4 Å². The summed E-state index contributed by atoms with van der Waals surface area (Å²) in [4.78, 5) is 16.7. The van der Waals surface area contributed by atoms with E-state index in [1.54, 1.807) is 17.0 Å². The molecule has 1 aromatic carbocycles. The zero-order chi connectivity index (χ0) is 15.5. The molecule has 2 aromatic rings. The average molecular weight is 348 g/mol. The van der Waals surface area contributed by atoms with E-state index in [-0.39, 0.29) is 11.0 Å². The zero-order valence-corrected chi connectivity index (χ0v) is 13.9. The van der Waals surface area contributed by atoms with Gasteiger partial charge in [0.05, 0.1) is 28.7 Å². The summed E-state index contributed by atoms with van der Waals surface area (Å²) in [5.74, 6) is 0. The van der Waals surface area contributed by atoms with Gasteiger partial charge in [-0.25, -0.2) is 4.98 Å². The predicted octanol–water partition coefficient (Wildman–Crippen LogP) is 3.88. The molecule has 21 heavy (non-hydrogen) atoms. The van der Waals surface area contributed by atoms with Gasteiger partial charge >= 0.3 is 0 Å². The number of nitrogens with zero attached hydrogens (tertiary/aromatic N) is 3. The SMILES string of the molecule is CC(C)(C#N)CCCCn1cnc2cc(Br)ccc2c1=O. The normalized spacial score (nSPS) is 11.5. The van der Waals surface area contributed by atoms with Crippen LogP contribution in [0.5, 0.6) is 0 Å². The first-order valence-electron chi connectivity index (χ1n) is 6.99. The number of nitriles is 1. The molecule has 0 bridgehead atoms. The highest BCUT2D eigenvalue weighted by Crippen LogP contribution is 2.21. The molecule has 0 N–H and O–H groups in total. The third kappa shape index (κ3) is 3.92. The summed E-state index contributed by atoms with van der Waals surface area (Å²) in [6, 6.07) is 7.79. The molecule has 5 heteroatoms. The highest BCUT2D eigenvalue weighted by Gasteiger charge is 2.15.